The van der Waals surface area contributed by atoms with Crippen molar-refractivity contribution in [3.05, 3.63) is 42.2 Å². The van der Waals surface area contributed by atoms with Gasteiger partial charge in [0.25, 0.3) is 5.91 Å². The monoisotopic (exact) mass is 316 g/mol. The van der Waals surface area contributed by atoms with E-state index in [4.69, 9.17) is 10.5 Å². The molecule has 0 saturated heterocycles. The number of nitrogen functional groups attached to an aromatic ring is 1. The zero-order valence-corrected chi connectivity index (χ0v) is 13.0. The molecule has 122 valence electrons. The molecule has 1 aromatic heterocycles. The van der Waals surface area contributed by atoms with Crippen LogP contribution in [0.1, 0.15) is 17.3 Å². The van der Waals surface area contributed by atoms with E-state index in [0.717, 1.165) is 0 Å². The number of carbonyl (C=O) groups is 1. The lowest BCUT2D eigenvalue weighted by molar-refractivity contribution is 0.0962. The van der Waals surface area contributed by atoms with Crippen LogP contribution >= 0.6 is 0 Å². The fourth-order valence-corrected chi connectivity index (χ4v) is 1.91. The van der Waals surface area contributed by atoms with Crippen molar-refractivity contribution in [2.24, 2.45) is 0 Å². The van der Waals surface area contributed by atoms with Gasteiger partial charge < -0.3 is 15.8 Å². The van der Waals surface area contributed by atoms with Crippen molar-refractivity contribution in [3.8, 4) is 0 Å². The molecule has 0 spiro atoms. The molecule has 0 aliphatic carbocycles. The number of hydrazine groups is 1. The number of aromatic nitrogens is 2. The van der Waals surface area contributed by atoms with E-state index in [1.807, 2.05) is 13.0 Å². The number of carbonyl (C=O) groups excluding carboxylic acids is 1. The fraction of sp³-hybridized carbons (Fsp3) is 0.267. The zero-order valence-electron chi connectivity index (χ0n) is 13.0. The minimum Gasteiger partial charge on any atom is -0.393 e. The van der Waals surface area contributed by atoms with Crippen LogP contribution in [0.15, 0.2) is 36.7 Å². The highest BCUT2D eigenvalue weighted by Gasteiger charge is 2.11. The van der Waals surface area contributed by atoms with Gasteiger partial charge in [0, 0.05) is 18.7 Å². The standard InChI is InChI=1S/C15H20N6O2/c1-10(8-23-2)19-13-12(16)14(18-9-17-13)20-21-15(22)11-6-4-3-5-7-11/h3-7,9-10H,8,16H2,1-2H3,(H,21,22)(H2,17,18,19,20). The quantitative estimate of drug-likeness (QED) is 0.569. The molecule has 5 N–H and O–H groups in total. The Morgan fingerprint density at radius 1 is 1.26 bits per heavy atom. The predicted octanol–water partition coefficient (Wildman–Crippen LogP) is 1.26. The van der Waals surface area contributed by atoms with Crippen molar-refractivity contribution in [1.29, 1.82) is 0 Å². The van der Waals surface area contributed by atoms with Crippen molar-refractivity contribution in [2.45, 2.75) is 13.0 Å². The van der Waals surface area contributed by atoms with E-state index in [1.54, 1.807) is 31.4 Å². The number of nitrogens with zero attached hydrogens (tertiary/aromatic N) is 2. The summed E-state index contributed by atoms with van der Waals surface area (Å²) >= 11 is 0. The Morgan fingerprint density at radius 3 is 2.65 bits per heavy atom. The first kappa shape index (κ1) is 16.5. The second-order valence-corrected chi connectivity index (χ2v) is 4.93. The summed E-state index contributed by atoms with van der Waals surface area (Å²) in [7, 11) is 1.62. The van der Waals surface area contributed by atoms with Gasteiger partial charge in [-0.1, -0.05) is 18.2 Å². The summed E-state index contributed by atoms with van der Waals surface area (Å²) in [5.74, 6) is 0.503. The molecule has 1 aromatic carbocycles. The van der Waals surface area contributed by atoms with E-state index in [-0.39, 0.29) is 11.9 Å². The molecule has 1 amide bonds. The number of rotatable bonds is 7. The van der Waals surface area contributed by atoms with Gasteiger partial charge in [-0.2, -0.15) is 0 Å². The van der Waals surface area contributed by atoms with Crippen molar-refractivity contribution in [1.82, 2.24) is 15.4 Å². The number of nitrogens with one attached hydrogen (secondary N) is 3. The Kier molecular flexibility index (Phi) is 5.70. The number of hydrogen-bond acceptors (Lipinski definition) is 7. The first-order valence-electron chi connectivity index (χ1n) is 7.09. The number of benzene rings is 1. The normalized spacial score (nSPS) is 11.6. The summed E-state index contributed by atoms with van der Waals surface area (Å²) in [4.78, 5) is 20.1. The molecule has 23 heavy (non-hydrogen) atoms. The van der Waals surface area contributed by atoms with Gasteiger partial charge in [0.15, 0.2) is 11.6 Å². The van der Waals surface area contributed by atoms with Crippen LogP contribution in [0.4, 0.5) is 17.3 Å². The molecule has 8 heteroatoms. The molecule has 0 fully saturated rings. The van der Waals surface area contributed by atoms with Crippen LogP contribution in [0.3, 0.4) is 0 Å². The highest BCUT2D eigenvalue weighted by molar-refractivity contribution is 5.95. The molecule has 1 atom stereocenters. The van der Waals surface area contributed by atoms with E-state index in [1.165, 1.54) is 6.33 Å². The Labute approximate surface area is 134 Å². The van der Waals surface area contributed by atoms with Crippen LogP contribution in [0.5, 0.6) is 0 Å². The van der Waals surface area contributed by atoms with Gasteiger partial charge in [-0.25, -0.2) is 9.97 Å². The molecular weight excluding hydrogens is 296 g/mol. The van der Waals surface area contributed by atoms with Gasteiger partial charge in [0.1, 0.15) is 12.0 Å². The minimum atomic E-state index is -0.286. The minimum absolute atomic E-state index is 0.0314. The number of amides is 1. The Morgan fingerprint density at radius 2 is 1.96 bits per heavy atom. The smallest absolute Gasteiger partial charge is 0.269 e. The van der Waals surface area contributed by atoms with Crippen molar-refractivity contribution < 1.29 is 9.53 Å². The van der Waals surface area contributed by atoms with Crippen LogP contribution < -0.4 is 21.9 Å². The summed E-state index contributed by atoms with van der Waals surface area (Å²) < 4.78 is 5.05. The summed E-state index contributed by atoms with van der Waals surface area (Å²) in [5, 5.41) is 3.12. The maximum Gasteiger partial charge on any atom is 0.269 e. The van der Waals surface area contributed by atoms with Crippen LogP contribution in [-0.4, -0.2) is 35.6 Å². The second kappa shape index (κ2) is 7.95. The molecule has 1 unspecified atom stereocenters. The first-order valence-corrected chi connectivity index (χ1v) is 7.09. The molecular formula is C15H20N6O2. The Bertz CT molecular complexity index is 650. The number of anilines is 3. The average molecular weight is 316 g/mol. The van der Waals surface area contributed by atoms with Crippen LogP contribution in [0.2, 0.25) is 0 Å². The lowest BCUT2D eigenvalue weighted by Gasteiger charge is -2.16. The van der Waals surface area contributed by atoms with Gasteiger partial charge in [0.05, 0.1) is 6.61 Å². The summed E-state index contributed by atoms with van der Waals surface area (Å²) in [5.41, 5.74) is 12.1. The van der Waals surface area contributed by atoms with Gasteiger partial charge in [-0.15, -0.1) is 0 Å². The van der Waals surface area contributed by atoms with E-state index >= 15 is 0 Å². The molecule has 2 aromatic rings. The number of ether oxygens (including phenoxy) is 1. The molecule has 0 bridgehead atoms. The average Bonchev–Trinajstić information content (AvgIpc) is 2.56. The Hall–Kier alpha value is -2.87. The Balaban J connectivity index is 2.02. The third kappa shape index (κ3) is 4.55. The summed E-state index contributed by atoms with van der Waals surface area (Å²) in [6, 6.07) is 8.86. The van der Waals surface area contributed by atoms with E-state index in [9.17, 15) is 4.79 Å². The summed E-state index contributed by atoms with van der Waals surface area (Å²) in [6.45, 7) is 2.45. The van der Waals surface area contributed by atoms with Crippen molar-refractivity contribution in [3.63, 3.8) is 0 Å². The van der Waals surface area contributed by atoms with Crippen LogP contribution in [-0.2, 0) is 4.74 Å². The number of hydrogen-bond donors (Lipinski definition) is 4. The van der Waals surface area contributed by atoms with Gasteiger partial charge in [-0.05, 0) is 19.1 Å². The molecule has 8 nitrogen and oxygen atoms in total. The molecule has 0 aliphatic heterocycles. The SMILES string of the molecule is COCC(C)Nc1ncnc(NNC(=O)c2ccccc2)c1N. The second-order valence-electron chi connectivity index (χ2n) is 4.93. The number of nitrogens with two attached hydrogens (primary N) is 1. The molecule has 0 saturated carbocycles. The topological polar surface area (TPSA) is 114 Å². The third-order valence-electron chi connectivity index (χ3n) is 3.01. The van der Waals surface area contributed by atoms with E-state index in [2.05, 4.69) is 26.1 Å². The number of methoxy groups -OCH3 is 1. The predicted molar refractivity (Wildman–Crippen MR) is 88.9 cm³/mol. The molecule has 0 radical (unpaired) electrons. The van der Waals surface area contributed by atoms with Crippen LogP contribution in [0.25, 0.3) is 0 Å². The van der Waals surface area contributed by atoms with Gasteiger partial charge in [-0.3, -0.25) is 15.6 Å². The lowest BCUT2D eigenvalue weighted by Crippen LogP contribution is -2.30. The van der Waals surface area contributed by atoms with E-state index in [0.29, 0.717) is 29.5 Å². The highest BCUT2D eigenvalue weighted by Crippen LogP contribution is 2.22. The zero-order chi connectivity index (χ0) is 16.7. The third-order valence-corrected chi connectivity index (χ3v) is 3.01. The van der Waals surface area contributed by atoms with Crippen molar-refractivity contribution in [2.75, 3.05) is 30.2 Å². The fourth-order valence-electron chi connectivity index (χ4n) is 1.91. The van der Waals surface area contributed by atoms with Crippen LogP contribution in [0, 0.1) is 0 Å². The summed E-state index contributed by atoms with van der Waals surface area (Å²) in [6.07, 6.45) is 1.36. The molecule has 2 rings (SSSR count). The van der Waals surface area contributed by atoms with E-state index < -0.39 is 0 Å². The lowest BCUT2D eigenvalue weighted by atomic mass is 10.2. The van der Waals surface area contributed by atoms with Gasteiger partial charge in [0.2, 0.25) is 0 Å². The van der Waals surface area contributed by atoms with Gasteiger partial charge >= 0.3 is 0 Å². The first-order chi connectivity index (χ1) is 11.1. The molecule has 1 heterocycles. The van der Waals surface area contributed by atoms with Crippen molar-refractivity contribution >= 4 is 23.2 Å². The maximum absolute atomic E-state index is 12.0. The maximum atomic E-state index is 12.0. The highest BCUT2D eigenvalue weighted by atomic mass is 16.5. The largest absolute Gasteiger partial charge is 0.393 e. The molecule has 0 aliphatic rings.